The lowest BCUT2D eigenvalue weighted by Gasteiger charge is -2.09. The van der Waals surface area contributed by atoms with Crippen molar-refractivity contribution < 1.29 is 18.3 Å². The third-order valence-corrected chi connectivity index (χ3v) is 3.56. The number of pyridine rings is 1. The molecule has 116 valence electrons. The highest BCUT2D eigenvalue weighted by Crippen LogP contribution is 2.26. The summed E-state index contributed by atoms with van der Waals surface area (Å²) in [7, 11) is 1.57. The Hall–Kier alpha value is -2.15. The molecule has 1 amide bonds. The first-order valence-corrected chi connectivity index (χ1v) is 7.29. The molecule has 0 aliphatic heterocycles. The van der Waals surface area contributed by atoms with Gasteiger partial charge < -0.3 is 10.1 Å². The molecule has 22 heavy (non-hydrogen) atoms. The van der Waals surface area contributed by atoms with Crippen molar-refractivity contribution in [1.29, 1.82) is 0 Å². The molecular formula is C15H14F2N2O2S. The second-order valence-electron chi connectivity index (χ2n) is 4.27. The number of aromatic nitrogens is 1. The number of alkyl halides is 2. The second kappa shape index (κ2) is 7.74. The van der Waals surface area contributed by atoms with Gasteiger partial charge in [0.2, 0.25) is 0 Å². The van der Waals surface area contributed by atoms with Crippen LogP contribution in [0.5, 0.6) is 5.75 Å². The summed E-state index contributed by atoms with van der Waals surface area (Å²) in [5, 5.41) is 2.71. The summed E-state index contributed by atoms with van der Waals surface area (Å²) < 4.78 is 30.0. The summed E-state index contributed by atoms with van der Waals surface area (Å²) in [5.41, 5.74) is 1.02. The van der Waals surface area contributed by atoms with E-state index < -0.39 is 11.7 Å². The number of ether oxygens (including phenoxy) is 1. The van der Waals surface area contributed by atoms with Gasteiger partial charge in [0, 0.05) is 12.7 Å². The van der Waals surface area contributed by atoms with Gasteiger partial charge in [0.1, 0.15) is 10.8 Å². The average molecular weight is 324 g/mol. The van der Waals surface area contributed by atoms with Gasteiger partial charge in [-0.05, 0) is 41.6 Å². The molecule has 1 N–H and O–H groups in total. The van der Waals surface area contributed by atoms with Gasteiger partial charge in [0.05, 0.1) is 12.7 Å². The molecule has 0 saturated heterocycles. The standard InChI is InChI=1S/C15H14F2N2O2S/c1-21-11-6-4-10(5-7-11)9-19-13(20)12-3-2-8-18-14(12)22-15(16)17/h2-8,15H,9H2,1H3,(H,19,20). The van der Waals surface area contributed by atoms with Crippen molar-refractivity contribution in [1.82, 2.24) is 10.3 Å². The van der Waals surface area contributed by atoms with Gasteiger partial charge in [-0.1, -0.05) is 12.1 Å². The number of carbonyl (C=O) groups excluding carboxylic acids is 1. The largest absolute Gasteiger partial charge is 0.497 e. The fourth-order valence-electron chi connectivity index (χ4n) is 1.76. The van der Waals surface area contributed by atoms with E-state index in [1.165, 1.54) is 18.3 Å². The maximum Gasteiger partial charge on any atom is 0.290 e. The normalized spacial score (nSPS) is 10.5. The Labute approximate surface area is 130 Å². The average Bonchev–Trinajstić information content (AvgIpc) is 2.53. The quantitative estimate of drug-likeness (QED) is 0.828. The minimum absolute atomic E-state index is 0.0183. The fraction of sp³-hybridized carbons (Fsp3) is 0.200. The number of thioether (sulfide) groups is 1. The lowest BCUT2D eigenvalue weighted by Crippen LogP contribution is -2.23. The van der Waals surface area contributed by atoms with Crippen LogP contribution in [0.4, 0.5) is 8.78 Å². The number of nitrogens with one attached hydrogen (secondary N) is 1. The predicted molar refractivity (Wildman–Crippen MR) is 80.3 cm³/mol. The molecule has 0 bridgehead atoms. The third-order valence-electron chi connectivity index (χ3n) is 2.83. The first-order valence-electron chi connectivity index (χ1n) is 6.41. The number of hydrogen-bond acceptors (Lipinski definition) is 4. The van der Waals surface area contributed by atoms with Gasteiger partial charge in [-0.3, -0.25) is 4.79 Å². The van der Waals surface area contributed by atoms with Crippen LogP contribution in [-0.2, 0) is 6.54 Å². The molecule has 0 radical (unpaired) electrons. The molecular weight excluding hydrogens is 310 g/mol. The highest BCUT2D eigenvalue weighted by atomic mass is 32.2. The van der Waals surface area contributed by atoms with E-state index in [4.69, 9.17) is 4.74 Å². The topological polar surface area (TPSA) is 51.2 Å². The number of amides is 1. The minimum atomic E-state index is -2.62. The zero-order chi connectivity index (χ0) is 15.9. The van der Waals surface area contributed by atoms with Crippen LogP contribution in [0.3, 0.4) is 0 Å². The van der Waals surface area contributed by atoms with E-state index in [-0.39, 0.29) is 28.9 Å². The molecule has 4 nitrogen and oxygen atoms in total. The van der Waals surface area contributed by atoms with E-state index in [1.54, 1.807) is 19.2 Å². The SMILES string of the molecule is COc1ccc(CNC(=O)c2cccnc2SC(F)F)cc1. The van der Waals surface area contributed by atoms with Crippen LogP contribution < -0.4 is 10.1 Å². The molecule has 1 aromatic heterocycles. The van der Waals surface area contributed by atoms with E-state index in [0.717, 1.165) is 11.3 Å². The van der Waals surface area contributed by atoms with Crippen molar-refractivity contribution in [3.63, 3.8) is 0 Å². The van der Waals surface area contributed by atoms with Crippen LogP contribution in [0.25, 0.3) is 0 Å². The van der Waals surface area contributed by atoms with Crippen molar-refractivity contribution in [3.05, 3.63) is 53.7 Å². The first-order chi connectivity index (χ1) is 10.6. The number of nitrogens with zero attached hydrogens (tertiary/aromatic N) is 1. The Morgan fingerprint density at radius 2 is 2.05 bits per heavy atom. The molecule has 0 fully saturated rings. The number of carbonyl (C=O) groups is 1. The van der Waals surface area contributed by atoms with Gasteiger partial charge in [0.15, 0.2) is 0 Å². The van der Waals surface area contributed by atoms with E-state index in [1.807, 2.05) is 12.1 Å². The third kappa shape index (κ3) is 4.42. The van der Waals surface area contributed by atoms with Gasteiger partial charge in [-0.2, -0.15) is 8.78 Å². The molecule has 0 unspecified atom stereocenters. The van der Waals surface area contributed by atoms with Crippen LogP contribution in [0, 0.1) is 0 Å². The van der Waals surface area contributed by atoms with Crippen molar-refractivity contribution in [2.75, 3.05) is 7.11 Å². The molecule has 0 spiro atoms. The predicted octanol–water partition coefficient (Wildman–Crippen LogP) is 3.33. The highest BCUT2D eigenvalue weighted by molar-refractivity contribution is 7.99. The van der Waals surface area contributed by atoms with Gasteiger partial charge in [-0.25, -0.2) is 4.98 Å². The Balaban J connectivity index is 2.02. The van der Waals surface area contributed by atoms with E-state index >= 15 is 0 Å². The summed E-state index contributed by atoms with van der Waals surface area (Å²) in [4.78, 5) is 15.9. The maximum atomic E-state index is 12.5. The zero-order valence-electron chi connectivity index (χ0n) is 11.8. The molecule has 0 aliphatic carbocycles. The summed E-state index contributed by atoms with van der Waals surface area (Å²) in [6, 6.07) is 10.2. The fourth-order valence-corrected chi connectivity index (χ4v) is 2.34. The molecule has 0 saturated carbocycles. The Morgan fingerprint density at radius 1 is 1.32 bits per heavy atom. The second-order valence-corrected chi connectivity index (χ2v) is 5.24. The number of rotatable bonds is 6. The molecule has 0 atom stereocenters. The van der Waals surface area contributed by atoms with Crippen molar-refractivity contribution in [3.8, 4) is 5.75 Å². The minimum Gasteiger partial charge on any atom is -0.497 e. The molecule has 1 heterocycles. The van der Waals surface area contributed by atoms with Crippen LogP contribution in [0.15, 0.2) is 47.6 Å². The highest BCUT2D eigenvalue weighted by Gasteiger charge is 2.16. The number of benzene rings is 1. The molecule has 2 aromatic rings. The summed E-state index contributed by atoms with van der Waals surface area (Å²) in [6.07, 6.45) is 1.38. The van der Waals surface area contributed by atoms with Crippen molar-refractivity contribution in [2.24, 2.45) is 0 Å². The van der Waals surface area contributed by atoms with Crippen molar-refractivity contribution in [2.45, 2.75) is 17.3 Å². The van der Waals surface area contributed by atoms with Crippen LogP contribution in [0.1, 0.15) is 15.9 Å². The van der Waals surface area contributed by atoms with Crippen LogP contribution >= 0.6 is 11.8 Å². The first kappa shape index (κ1) is 16.2. The monoisotopic (exact) mass is 324 g/mol. The Kier molecular flexibility index (Phi) is 5.71. The van der Waals surface area contributed by atoms with E-state index in [2.05, 4.69) is 10.3 Å². The summed E-state index contributed by atoms with van der Waals surface area (Å²) in [5.74, 6) is -2.34. The molecule has 1 aromatic carbocycles. The van der Waals surface area contributed by atoms with Crippen LogP contribution in [0.2, 0.25) is 0 Å². The maximum absolute atomic E-state index is 12.5. The van der Waals surface area contributed by atoms with Crippen molar-refractivity contribution >= 4 is 17.7 Å². The molecule has 2 rings (SSSR count). The Bertz CT molecular complexity index is 636. The van der Waals surface area contributed by atoms with Gasteiger partial charge in [-0.15, -0.1) is 0 Å². The summed E-state index contributed by atoms with van der Waals surface area (Å²) in [6.45, 7) is 0.288. The van der Waals surface area contributed by atoms with Crippen LogP contribution in [-0.4, -0.2) is 23.8 Å². The lowest BCUT2D eigenvalue weighted by molar-refractivity contribution is 0.0947. The van der Waals surface area contributed by atoms with Gasteiger partial charge in [0.25, 0.3) is 11.7 Å². The van der Waals surface area contributed by atoms with E-state index in [9.17, 15) is 13.6 Å². The van der Waals surface area contributed by atoms with E-state index in [0.29, 0.717) is 0 Å². The zero-order valence-corrected chi connectivity index (χ0v) is 12.6. The number of halogens is 2. The Morgan fingerprint density at radius 3 is 2.68 bits per heavy atom. The number of hydrogen-bond donors (Lipinski definition) is 1. The molecule has 7 heteroatoms. The molecule has 0 aliphatic rings. The van der Waals surface area contributed by atoms with Gasteiger partial charge >= 0.3 is 0 Å². The number of methoxy groups -OCH3 is 1. The smallest absolute Gasteiger partial charge is 0.290 e. The summed E-state index contributed by atoms with van der Waals surface area (Å²) >= 11 is 0.258. The lowest BCUT2D eigenvalue weighted by atomic mass is 10.2.